The minimum atomic E-state index is -0.410. The van der Waals surface area contributed by atoms with Crippen molar-refractivity contribution in [2.75, 3.05) is 0 Å². The summed E-state index contributed by atoms with van der Waals surface area (Å²) in [4.78, 5) is 0. The average Bonchev–Trinajstić information content (AvgIpc) is 2.79. The van der Waals surface area contributed by atoms with Crippen LogP contribution in [0.5, 0.6) is 0 Å². The Kier molecular flexibility index (Phi) is 3.76. The number of benzene rings is 1. The molecule has 0 saturated heterocycles. The Morgan fingerprint density at radius 2 is 2.19 bits per heavy atom. The van der Waals surface area contributed by atoms with E-state index in [2.05, 4.69) is 6.07 Å². The molecule has 0 spiro atoms. The fraction of sp³-hybridized carbons (Fsp3) is 0.353. The minimum Gasteiger partial charge on any atom is -0.388 e. The zero-order chi connectivity index (χ0) is 14.8. The molecule has 1 heterocycles. The second-order valence-corrected chi connectivity index (χ2v) is 5.59. The molecule has 1 aromatic carbocycles. The van der Waals surface area contributed by atoms with Crippen molar-refractivity contribution in [1.29, 1.82) is 5.26 Å². The Bertz CT molecular complexity index is 699. The van der Waals surface area contributed by atoms with Crippen LogP contribution in [-0.2, 0) is 13.0 Å². The van der Waals surface area contributed by atoms with Gasteiger partial charge in [0.05, 0.1) is 17.7 Å². The van der Waals surface area contributed by atoms with Gasteiger partial charge in [0.2, 0.25) is 0 Å². The molecule has 1 aromatic heterocycles. The van der Waals surface area contributed by atoms with Crippen molar-refractivity contribution in [2.45, 2.75) is 38.3 Å². The highest BCUT2D eigenvalue weighted by Crippen LogP contribution is 2.29. The van der Waals surface area contributed by atoms with E-state index in [-0.39, 0.29) is 5.82 Å². The molecule has 1 aliphatic rings. The lowest BCUT2D eigenvalue weighted by Gasteiger charge is -2.07. The Hall–Kier alpha value is -2.12. The highest BCUT2D eigenvalue weighted by Gasteiger charge is 2.18. The van der Waals surface area contributed by atoms with Gasteiger partial charge in [-0.3, -0.25) is 0 Å². The zero-order valence-electron chi connectivity index (χ0n) is 11.7. The van der Waals surface area contributed by atoms with Gasteiger partial charge in [0.15, 0.2) is 0 Å². The van der Waals surface area contributed by atoms with Gasteiger partial charge >= 0.3 is 0 Å². The second-order valence-electron chi connectivity index (χ2n) is 5.59. The highest BCUT2D eigenvalue weighted by atomic mass is 19.1. The number of aliphatic hydroxyl groups is 1. The Morgan fingerprint density at radius 3 is 3.00 bits per heavy atom. The van der Waals surface area contributed by atoms with Crippen LogP contribution in [0.4, 0.5) is 4.39 Å². The summed E-state index contributed by atoms with van der Waals surface area (Å²) in [6.07, 6.45) is 7.41. The first kappa shape index (κ1) is 13.8. The molecule has 4 heteroatoms. The lowest BCUT2D eigenvalue weighted by molar-refractivity contribution is 0.166. The van der Waals surface area contributed by atoms with E-state index in [1.807, 2.05) is 17.0 Å². The Morgan fingerprint density at radius 1 is 1.33 bits per heavy atom. The summed E-state index contributed by atoms with van der Waals surface area (Å²) < 4.78 is 15.3. The van der Waals surface area contributed by atoms with E-state index < -0.39 is 6.10 Å². The molecule has 0 bridgehead atoms. The van der Waals surface area contributed by atoms with Crippen molar-refractivity contribution < 1.29 is 9.50 Å². The highest BCUT2D eigenvalue weighted by molar-refractivity contribution is 5.38. The number of fused-ring (bicyclic) bond motifs is 1. The van der Waals surface area contributed by atoms with Crippen molar-refractivity contribution in [3.63, 3.8) is 0 Å². The fourth-order valence-corrected chi connectivity index (χ4v) is 2.98. The van der Waals surface area contributed by atoms with Crippen molar-refractivity contribution in [1.82, 2.24) is 4.57 Å². The monoisotopic (exact) mass is 284 g/mol. The third-order valence-corrected chi connectivity index (χ3v) is 4.07. The molecule has 1 atom stereocenters. The van der Waals surface area contributed by atoms with Gasteiger partial charge in [-0.2, -0.15) is 5.26 Å². The van der Waals surface area contributed by atoms with Gasteiger partial charge in [0, 0.05) is 24.5 Å². The van der Waals surface area contributed by atoms with Gasteiger partial charge in [-0.05, 0) is 48.6 Å². The third kappa shape index (κ3) is 2.84. The number of aryl methyl sites for hydroxylation is 1. The van der Waals surface area contributed by atoms with Crippen LogP contribution in [0.25, 0.3) is 0 Å². The van der Waals surface area contributed by atoms with Crippen molar-refractivity contribution in [3.05, 3.63) is 58.7 Å². The van der Waals surface area contributed by atoms with Crippen LogP contribution in [0.3, 0.4) is 0 Å². The van der Waals surface area contributed by atoms with Crippen LogP contribution < -0.4 is 0 Å². The van der Waals surface area contributed by atoms with Crippen LogP contribution >= 0.6 is 0 Å². The van der Waals surface area contributed by atoms with Gasteiger partial charge in [-0.25, -0.2) is 4.39 Å². The van der Waals surface area contributed by atoms with Crippen LogP contribution in [0.1, 0.15) is 47.6 Å². The summed E-state index contributed by atoms with van der Waals surface area (Å²) in [5, 5.41) is 19.2. The number of aromatic nitrogens is 1. The van der Waals surface area contributed by atoms with E-state index in [1.54, 1.807) is 0 Å². The lowest BCUT2D eigenvalue weighted by atomic mass is 10.1. The van der Waals surface area contributed by atoms with E-state index >= 15 is 0 Å². The van der Waals surface area contributed by atoms with Gasteiger partial charge in [-0.1, -0.05) is 6.42 Å². The summed E-state index contributed by atoms with van der Waals surface area (Å²) in [5.74, 6) is -0.335. The molecule has 3 rings (SSSR count). The smallest absolute Gasteiger partial charge is 0.123 e. The molecule has 1 aliphatic carbocycles. The first-order valence-corrected chi connectivity index (χ1v) is 7.22. The van der Waals surface area contributed by atoms with Crippen LogP contribution in [0.15, 0.2) is 30.6 Å². The lowest BCUT2D eigenvalue weighted by Crippen LogP contribution is -2.01. The number of halogens is 1. The standard InChI is InChI=1S/C17H17FN2O/c18-15-6-5-12(8-19)14(7-15)10-20-9-13-3-1-2-4-17(21)16(13)11-20/h5-7,9,11,17,21H,1-4,10H2. The van der Waals surface area contributed by atoms with Gasteiger partial charge in [-0.15, -0.1) is 0 Å². The number of rotatable bonds is 2. The SMILES string of the molecule is N#Cc1ccc(F)cc1Cn1cc2c(c1)C(O)CCCC2. The average molecular weight is 284 g/mol. The first-order chi connectivity index (χ1) is 10.2. The summed E-state index contributed by atoms with van der Waals surface area (Å²) in [5.41, 5.74) is 3.29. The van der Waals surface area contributed by atoms with Crippen LogP contribution in [0.2, 0.25) is 0 Å². The molecular formula is C17H17FN2O. The van der Waals surface area contributed by atoms with Gasteiger partial charge < -0.3 is 9.67 Å². The topological polar surface area (TPSA) is 49.0 Å². The van der Waals surface area contributed by atoms with Gasteiger partial charge in [0.1, 0.15) is 5.82 Å². The van der Waals surface area contributed by atoms with Crippen LogP contribution in [-0.4, -0.2) is 9.67 Å². The summed E-state index contributed by atoms with van der Waals surface area (Å²) in [6, 6.07) is 6.31. The minimum absolute atomic E-state index is 0.335. The molecule has 0 saturated carbocycles. The van der Waals surface area contributed by atoms with E-state index in [1.165, 1.54) is 18.2 Å². The van der Waals surface area contributed by atoms with E-state index in [0.29, 0.717) is 17.7 Å². The van der Waals surface area contributed by atoms with E-state index in [9.17, 15) is 9.50 Å². The molecule has 0 fully saturated rings. The Labute approximate surface area is 123 Å². The Balaban J connectivity index is 1.91. The molecule has 0 aliphatic heterocycles. The molecule has 2 aromatic rings. The van der Waals surface area contributed by atoms with Crippen molar-refractivity contribution >= 4 is 0 Å². The normalized spacial score (nSPS) is 17.9. The number of nitrogens with zero attached hydrogens (tertiary/aromatic N) is 2. The zero-order valence-corrected chi connectivity index (χ0v) is 11.7. The first-order valence-electron chi connectivity index (χ1n) is 7.22. The summed E-state index contributed by atoms with van der Waals surface area (Å²) in [6.45, 7) is 0.445. The summed E-state index contributed by atoms with van der Waals surface area (Å²) in [7, 11) is 0. The van der Waals surface area contributed by atoms with Crippen LogP contribution in [0, 0.1) is 17.1 Å². The number of aliphatic hydroxyl groups excluding tert-OH is 1. The molecule has 1 N–H and O–H groups in total. The largest absolute Gasteiger partial charge is 0.388 e. The number of hydrogen-bond donors (Lipinski definition) is 1. The maximum Gasteiger partial charge on any atom is 0.123 e. The molecule has 1 unspecified atom stereocenters. The predicted octanol–water partition coefficient (Wildman–Crippen LogP) is 3.31. The maximum atomic E-state index is 13.4. The van der Waals surface area contributed by atoms with Crippen molar-refractivity contribution in [2.24, 2.45) is 0 Å². The molecule has 108 valence electrons. The van der Waals surface area contributed by atoms with E-state index in [0.717, 1.165) is 36.8 Å². The summed E-state index contributed by atoms with van der Waals surface area (Å²) >= 11 is 0. The molecule has 21 heavy (non-hydrogen) atoms. The van der Waals surface area contributed by atoms with Crippen molar-refractivity contribution in [3.8, 4) is 6.07 Å². The fourth-order valence-electron chi connectivity index (χ4n) is 2.98. The quantitative estimate of drug-likeness (QED) is 0.860. The van der Waals surface area contributed by atoms with Gasteiger partial charge in [0.25, 0.3) is 0 Å². The van der Waals surface area contributed by atoms with E-state index in [4.69, 9.17) is 5.26 Å². The maximum absolute atomic E-state index is 13.4. The molecule has 0 amide bonds. The second kappa shape index (κ2) is 5.71. The predicted molar refractivity (Wildman–Crippen MR) is 77.2 cm³/mol. The number of hydrogen-bond acceptors (Lipinski definition) is 2. The molecular weight excluding hydrogens is 267 g/mol. The molecule has 3 nitrogen and oxygen atoms in total. The molecule has 0 radical (unpaired) electrons. The number of nitriles is 1. The third-order valence-electron chi connectivity index (χ3n) is 4.07.